The first-order valence-electron chi connectivity index (χ1n) is 6.68. The van der Waals surface area contributed by atoms with Crippen molar-refractivity contribution in [1.82, 2.24) is 0 Å². The monoisotopic (exact) mass is 278 g/mol. The number of nitrogens with zero attached hydrogens (tertiary/aromatic N) is 1. The molecule has 0 aliphatic carbocycles. The summed E-state index contributed by atoms with van der Waals surface area (Å²) in [5.41, 5.74) is 6.99. The molecule has 20 heavy (non-hydrogen) atoms. The number of ether oxygens (including phenoxy) is 1. The number of hydrogen-bond acceptors (Lipinski definition) is 4. The molecule has 1 aliphatic heterocycles. The van der Waals surface area contributed by atoms with Gasteiger partial charge >= 0.3 is 5.97 Å². The zero-order valence-electron chi connectivity index (χ0n) is 12.4. The molecule has 0 spiro atoms. The van der Waals surface area contributed by atoms with E-state index in [0.29, 0.717) is 18.8 Å². The highest BCUT2D eigenvalue weighted by molar-refractivity contribution is 5.90. The van der Waals surface area contributed by atoms with Crippen LogP contribution in [0.1, 0.15) is 38.1 Å². The molecule has 110 valence electrons. The van der Waals surface area contributed by atoms with Gasteiger partial charge in [-0.25, -0.2) is 4.79 Å². The van der Waals surface area contributed by atoms with Crippen LogP contribution in [-0.4, -0.2) is 35.4 Å². The highest BCUT2D eigenvalue weighted by Crippen LogP contribution is 2.34. The van der Waals surface area contributed by atoms with Crippen molar-refractivity contribution >= 4 is 17.3 Å². The van der Waals surface area contributed by atoms with Crippen LogP contribution in [0.2, 0.25) is 0 Å². The fourth-order valence-electron chi connectivity index (χ4n) is 2.91. The number of morpholine rings is 1. The lowest BCUT2D eigenvalue weighted by Crippen LogP contribution is -2.57. The zero-order chi connectivity index (χ0) is 15.1. The van der Waals surface area contributed by atoms with E-state index < -0.39 is 5.97 Å². The van der Waals surface area contributed by atoms with Crippen LogP contribution in [0, 0.1) is 0 Å². The predicted octanol–water partition coefficient (Wildman–Crippen LogP) is 2.36. The van der Waals surface area contributed by atoms with Crippen molar-refractivity contribution in [3.63, 3.8) is 0 Å². The van der Waals surface area contributed by atoms with Gasteiger partial charge in [-0.15, -0.1) is 0 Å². The van der Waals surface area contributed by atoms with Crippen molar-refractivity contribution in [2.24, 2.45) is 0 Å². The Morgan fingerprint density at radius 3 is 2.30 bits per heavy atom. The van der Waals surface area contributed by atoms with Gasteiger partial charge in [0.05, 0.1) is 28.1 Å². The van der Waals surface area contributed by atoms with Crippen LogP contribution in [-0.2, 0) is 4.74 Å². The van der Waals surface area contributed by atoms with E-state index in [1.165, 1.54) is 6.07 Å². The Balaban J connectivity index is 2.40. The lowest BCUT2D eigenvalue weighted by molar-refractivity contribution is -0.133. The zero-order valence-corrected chi connectivity index (χ0v) is 12.4. The molecule has 0 amide bonds. The third kappa shape index (κ3) is 3.04. The Kier molecular flexibility index (Phi) is 3.42. The summed E-state index contributed by atoms with van der Waals surface area (Å²) in [5.74, 6) is -0.946. The molecule has 1 aliphatic rings. The first-order valence-corrected chi connectivity index (χ1v) is 6.68. The van der Waals surface area contributed by atoms with Crippen molar-refractivity contribution in [1.29, 1.82) is 0 Å². The number of carbonyl (C=O) groups is 1. The molecule has 1 aromatic rings. The molecule has 0 bridgehead atoms. The molecule has 1 heterocycles. The molecule has 0 atom stereocenters. The normalized spacial score (nSPS) is 20.7. The standard InChI is InChI=1S/C15H22N2O3/c1-14(2)8-17(9-15(3,4)20-14)12-7-10(13(18)19)5-6-11(12)16/h5-7H,8-9,16H2,1-4H3,(H,18,19). The summed E-state index contributed by atoms with van der Waals surface area (Å²) in [7, 11) is 0. The van der Waals surface area contributed by atoms with Gasteiger partial charge in [0.25, 0.3) is 0 Å². The van der Waals surface area contributed by atoms with Gasteiger partial charge in [0.2, 0.25) is 0 Å². The molecule has 0 unspecified atom stereocenters. The van der Waals surface area contributed by atoms with Crippen LogP contribution in [0.25, 0.3) is 0 Å². The van der Waals surface area contributed by atoms with Gasteiger partial charge in [-0.3, -0.25) is 0 Å². The van der Waals surface area contributed by atoms with E-state index in [2.05, 4.69) is 4.90 Å². The van der Waals surface area contributed by atoms with E-state index in [4.69, 9.17) is 15.6 Å². The number of rotatable bonds is 2. The second kappa shape index (κ2) is 4.66. The summed E-state index contributed by atoms with van der Waals surface area (Å²) >= 11 is 0. The maximum absolute atomic E-state index is 11.1. The molecule has 5 heteroatoms. The van der Waals surface area contributed by atoms with Crippen molar-refractivity contribution < 1.29 is 14.6 Å². The minimum atomic E-state index is -0.946. The van der Waals surface area contributed by atoms with E-state index in [9.17, 15) is 4.79 Å². The molecule has 2 rings (SSSR count). The topological polar surface area (TPSA) is 75.8 Å². The molecular formula is C15H22N2O3. The molecule has 3 N–H and O–H groups in total. The Hall–Kier alpha value is -1.75. The SMILES string of the molecule is CC1(C)CN(c2cc(C(=O)O)ccc2N)CC(C)(C)O1. The minimum absolute atomic E-state index is 0.247. The summed E-state index contributed by atoms with van der Waals surface area (Å²) in [5, 5.41) is 9.12. The number of nitrogens with two attached hydrogens (primary N) is 1. The average Bonchev–Trinajstić information content (AvgIpc) is 2.24. The Bertz CT molecular complexity index is 522. The lowest BCUT2D eigenvalue weighted by Gasteiger charge is -2.48. The van der Waals surface area contributed by atoms with E-state index >= 15 is 0 Å². The quantitative estimate of drug-likeness (QED) is 0.812. The molecule has 1 saturated heterocycles. The Morgan fingerprint density at radius 1 is 1.25 bits per heavy atom. The highest BCUT2D eigenvalue weighted by atomic mass is 16.5. The van der Waals surface area contributed by atoms with Gasteiger partial charge in [-0.2, -0.15) is 0 Å². The molecule has 0 saturated carbocycles. The van der Waals surface area contributed by atoms with E-state index in [0.717, 1.165) is 5.69 Å². The number of nitrogen functional groups attached to an aromatic ring is 1. The highest BCUT2D eigenvalue weighted by Gasteiger charge is 2.38. The smallest absolute Gasteiger partial charge is 0.335 e. The van der Waals surface area contributed by atoms with Crippen molar-refractivity contribution in [3.05, 3.63) is 23.8 Å². The fourth-order valence-corrected chi connectivity index (χ4v) is 2.91. The van der Waals surface area contributed by atoms with Crippen molar-refractivity contribution in [2.45, 2.75) is 38.9 Å². The maximum Gasteiger partial charge on any atom is 0.335 e. The van der Waals surface area contributed by atoms with Crippen LogP contribution in [0.15, 0.2) is 18.2 Å². The van der Waals surface area contributed by atoms with Gasteiger partial charge in [-0.05, 0) is 45.9 Å². The number of carboxylic acids is 1. The van der Waals surface area contributed by atoms with Gasteiger partial charge in [0.1, 0.15) is 0 Å². The predicted molar refractivity (Wildman–Crippen MR) is 79.3 cm³/mol. The summed E-state index contributed by atoms with van der Waals surface area (Å²) < 4.78 is 6.03. The Labute approximate surface area is 119 Å². The van der Waals surface area contributed by atoms with E-state index in [-0.39, 0.29) is 16.8 Å². The fraction of sp³-hybridized carbons (Fsp3) is 0.533. The average molecular weight is 278 g/mol. The summed E-state index contributed by atoms with van der Waals surface area (Å²) in [4.78, 5) is 13.2. The number of anilines is 2. The maximum atomic E-state index is 11.1. The van der Waals surface area contributed by atoms with Crippen LogP contribution in [0.3, 0.4) is 0 Å². The number of carboxylic acid groups (broad SMARTS) is 1. The first-order chi connectivity index (χ1) is 9.10. The molecule has 0 radical (unpaired) electrons. The summed E-state index contributed by atoms with van der Waals surface area (Å²) in [6.07, 6.45) is 0. The molecule has 1 aromatic carbocycles. The second-order valence-corrected chi connectivity index (χ2v) is 6.56. The lowest BCUT2D eigenvalue weighted by atomic mass is 9.97. The van der Waals surface area contributed by atoms with Crippen LogP contribution >= 0.6 is 0 Å². The third-order valence-corrected chi connectivity index (χ3v) is 3.31. The number of hydrogen-bond donors (Lipinski definition) is 2. The van der Waals surface area contributed by atoms with Crippen LogP contribution in [0.4, 0.5) is 11.4 Å². The minimum Gasteiger partial charge on any atom is -0.478 e. The van der Waals surface area contributed by atoms with Gasteiger partial charge in [0, 0.05) is 13.1 Å². The van der Waals surface area contributed by atoms with Crippen LogP contribution in [0.5, 0.6) is 0 Å². The molecule has 1 fully saturated rings. The first kappa shape index (κ1) is 14.7. The van der Waals surface area contributed by atoms with E-state index in [1.807, 2.05) is 27.7 Å². The Morgan fingerprint density at radius 2 is 1.80 bits per heavy atom. The largest absolute Gasteiger partial charge is 0.478 e. The number of benzene rings is 1. The van der Waals surface area contributed by atoms with Gasteiger partial charge in [0.15, 0.2) is 0 Å². The van der Waals surface area contributed by atoms with E-state index in [1.54, 1.807) is 12.1 Å². The number of aromatic carboxylic acids is 1. The van der Waals surface area contributed by atoms with Crippen LogP contribution < -0.4 is 10.6 Å². The molecule has 0 aromatic heterocycles. The third-order valence-electron chi connectivity index (χ3n) is 3.31. The van der Waals surface area contributed by atoms with Gasteiger partial charge in [-0.1, -0.05) is 0 Å². The summed E-state index contributed by atoms with van der Waals surface area (Å²) in [6, 6.07) is 4.81. The molecular weight excluding hydrogens is 256 g/mol. The van der Waals surface area contributed by atoms with Crippen molar-refractivity contribution in [2.75, 3.05) is 23.7 Å². The van der Waals surface area contributed by atoms with Crippen molar-refractivity contribution in [3.8, 4) is 0 Å². The summed E-state index contributed by atoms with van der Waals surface area (Å²) in [6.45, 7) is 9.44. The second-order valence-electron chi connectivity index (χ2n) is 6.56. The van der Waals surface area contributed by atoms with Gasteiger partial charge < -0.3 is 20.5 Å². The molecule has 5 nitrogen and oxygen atoms in total.